The first-order valence-electron chi connectivity index (χ1n) is 22.1. The van der Waals surface area contributed by atoms with Crippen molar-refractivity contribution in [2.75, 3.05) is 28.4 Å². The number of aryl methyl sites for hydroxylation is 2. The second-order valence-corrected chi connectivity index (χ2v) is 21.2. The number of furan rings is 2. The Morgan fingerprint density at radius 1 is 0.542 bits per heavy atom. The smallest absolute Gasteiger partial charge is 0.204 e. The Kier molecular flexibility index (Phi) is 15.9. The van der Waals surface area contributed by atoms with E-state index in [0.717, 1.165) is 0 Å². The highest BCUT2D eigenvalue weighted by molar-refractivity contribution is 7.91. The summed E-state index contributed by atoms with van der Waals surface area (Å²) in [5.74, 6) is 4.21. The standard InChI is InChI=1S/2C25H25N5O5S/c2*1-16-8-11-22(35-16)25-29-28-23(30(25)24-20(33-3)6-5-7-21(24)34-4)15-36(31,32)17(2)12-19-10-9-18(13-26)14-27-19/h2*5-11,14,17H,12,15H2,1-4H3/t2*17-/m10/s1. The molecule has 0 aliphatic rings. The lowest BCUT2D eigenvalue weighted by atomic mass is 10.2. The van der Waals surface area contributed by atoms with E-state index in [1.165, 1.54) is 40.8 Å². The number of hydrogen-bond acceptors (Lipinski definition) is 18. The third kappa shape index (κ3) is 11.3. The van der Waals surface area contributed by atoms with Gasteiger partial charge in [0.25, 0.3) is 0 Å². The minimum atomic E-state index is -3.70. The Morgan fingerprint density at radius 2 is 0.903 bits per heavy atom. The summed E-state index contributed by atoms with van der Waals surface area (Å²) in [5.41, 5.74) is 2.89. The maximum Gasteiger partial charge on any atom is 0.204 e. The van der Waals surface area contributed by atoms with E-state index in [4.69, 9.17) is 38.3 Å². The molecule has 0 amide bonds. The predicted molar refractivity (Wildman–Crippen MR) is 263 cm³/mol. The fourth-order valence-corrected chi connectivity index (χ4v) is 10.0. The first-order chi connectivity index (χ1) is 34.5. The van der Waals surface area contributed by atoms with Crippen LogP contribution in [0.1, 0.15) is 59.5 Å². The Labute approximate surface area is 416 Å². The van der Waals surface area contributed by atoms with Gasteiger partial charge in [-0.3, -0.25) is 19.1 Å². The molecule has 72 heavy (non-hydrogen) atoms. The number of aromatic nitrogens is 8. The van der Waals surface area contributed by atoms with Gasteiger partial charge in [-0.1, -0.05) is 12.1 Å². The molecule has 0 radical (unpaired) electrons. The van der Waals surface area contributed by atoms with Crippen molar-refractivity contribution < 1.29 is 44.6 Å². The van der Waals surface area contributed by atoms with Crippen LogP contribution in [-0.2, 0) is 44.0 Å². The Balaban J connectivity index is 0.000000211. The molecule has 0 fully saturated rings. The van der Waals surface area contributed by atoms with E-state index >= 15 is 0 Å². The molecule has 0 aliphatic heterocycles. The molecule has 372 valence electrons. The average Bonchev–Trinajstić information content (AvgIpc) is 4.21. The number of para-hydroxylation sites is 2. The Morgan fingerprint density at radius 3 is 1.18 bits per heavy atom. The van der Waals surface area contributed by atoms with Gasteiger partial charge < -0.3 is 27.8 Å². The lowest BCUT2D eigenvalue weighted by molar-refractivity contribution is 0.390. The van der Waals surface area contributed by atoms with Crippen LogP contribution in [0.3, 0.4) is 0 Å². The Bertz CT molecular complexity index is 3220. The Hall–Kier alpha value is -8.34. The molecule has 0 aliphatic carbocycles. The molecule has 0 spiro atoms. The van der Waals surface area contributed by atoms with E-state index in [2.05, 4.69) is 30.4 Å². The number of rotatable bonds is 18. The van der Waals surface area contributed by atoms with Gasteiger partial charge in [0, 0.05) is 36.6 Å². The van der Waals surface area contributed by atoms with Crippen LogP contribution in [0.5, 0.6) is 23.0 Å². The van der Waals surface area contributed by atoms with Gasteiger partial charge in [-0.05, 0) is 100 Å². The van der Waals surface area contributed by atoms with Crippen LogP contribution in [0.25, 0.3) is 34.5 Å². The van der Waals surface area contributed by atoms with Crippen molar-refractivity contribution in [2.45, 2.75) is 62.5 Å². The summed E-state index contributed by atoms with van der Waals surface area (Å²) < 4.78 is 90.7. The van der Waals surface area contributed by atoms with Gasteiger partial charge >= 0.3 is 0 Å². The lowest BCUT2D eigenvalue weighted by Crippen LogP contribution is -2.24. The maximum atomic E-state index is 13.4. The molecule has 0 unspecified atom stereocenters. The first kappa shape index (κ1) is 51.5. The second kappa shape index (κ2) is 22.2. The van der Waals surface area contributed by atoms with Crippen molar-refractivity contribution in [3.63, 3.8) is 0 Å². The molecule has 2 atom stereocenters. The van der Waals surface area contributed by atoms with Crippen LogP contribution < -0.4 is 18.9 Å². The molecule has 2 aromatic carbocycles. The minimum Gasteiger partial charge on any atom is -0.494 e. The first-order valence-corrected chi connectivity index (χ1v) is 25.6. The normalized spacial score (nSPS) is 12.2. The van der Waals surface area contributed by atoms with Crippen molar-refractivity contribution in [3.05, 3.63) is 143 Å². The highest BCUT2D eigenvalue weighted by atomic mass is 32.2. The number of benzene rings is 2. The van der Waals surface area contributed by atoms with Crippen molar-refractivity contribution in [1.82, 2.24) is 39.5 Å². The van der Waals surface area contributed by atoms with E-state index in [1.807, 2.05) is 12.1 Å². The van der Waals surface area contributed by atoms with Crippen molar-refractivity contribution in [2.24, 2.45) is 0 Å². The van der Waals surface area contributed by atoms with Crippen LogP contribution in [0.2, 0.25) is 0 Å². The third-order valence-electron chi connectivity index (χ3n) is 11.4. The molecule has 0 N–H and O–H groups in total. The summed E-state index contributed by atoms with van der Waals surface area (Å²) in [6.45, 7) is 6.85. The summed E-state index contributed by atoms with van der Waals surface area (Å²) in [4.78, 5) is 8.40. The van der Waals surface area contributed by atoms with E-state index < -0.39 is 41.7 Å². The van der Waals surface area contributed by atoms with Gasteiger partial charge in [-0.25, -0.2) is 16.8 Å². The van der Waals surface area contributed by atoms with Crippen LogP contribution in [-0.4, -0.2) is 95.3 Å². The fraction of sp³-hybridized carbons (Fsp3) is 0.280. The predicted octanol–water partition coefficient (Wildman–Crippen LogP) is 7.33. The molecule has 22 heteroatoms. The number of pyridine rings is 2. The highest BCUT2D eigenvalue weighted by Crippen LogP contribution is 2.39. The zero-order valence-electron chi connectivity index (χ0n) is 40.6. The van der Waals surface area contributed by atoms with Gasteiger partial charge in [-0.15, -0.1) is 20.4 Å². The number of ether oxygens (including phenoxy) is 4. The van der Waals surface area contributed by atoms with Crippen molar-refractivity contribution in [1.29, 1.82) is 10.5 Å². The van der Waals surface area contributed by atoms with Gasteiger partial charge in [0.15, 0.2) is 42.8 Å². The minimum absolute atomic E-state index is 0.182. The van der Waals surface area contributed by atoms with Crippen molar-refractivity contribution in [3.8, 4) is 69.7 Å². The SMILES string of the molecule is COc1cccc(OC)c1-n1c(CS(=O)(=O)[C@@H](C)Cc2ccc(C#N)cn2)nnc1-c1ccc(C)o1.COc1cccc(OC)c1-n1c(CS(=O)(=O)[C@H](C)Cc2ccc(C#N)cn2)nnc1-c1ccc(C)o1. The van der Waals surface area contributed by atoms with Crippen LogP contribution in [0, 0.1) is 36.5 Å². The number of nitriles is 2. The molecule has 6 aromatic heterocycles. The van der Waals surface area contributed by atoms with Crippen LogP contribution in [0.4, 0.5) is 0 Å². The summed E-state index contributed by atoms with van der Waals surface area (Å²) in [6, 6.07) is 28.1. The lowest BCUT2D eigenvalue weighted by Gasteiger charge is -2.18. The monoisotopic (exact) mass is 1010 g/mol. The van der Waals surface area contributed by atoms with Gasteiger partial charge in [0.2, 0.25) is 11.6 Å². The van der Waals surface area contributed by atoms with E-state index in [-0.39, 0.29) is 24.5 Å². The number of sulfone groups is 2. The van der Waals surface area contributed by atoms with Crippen LogP contribution >= 0.6 is 0 Å². The largest absolute Gasteiger partial charge is 0.494 e. The second-order valence-electron chi connectivity index (χ2n) is 16.3. The molecule has 8 rings (SSSR count). The summed E-state index contributed by atoms with van der Waals surface area (Å²) >= 11 is 0. The fourth-order valence-electron chi connectivity index (χ4n) is 7.53. The number of methoxy groups -OCH3 is 4. The summed E-state index contributed by atoms with van der Waals surface area (Å²) in [6.07, 6.45) is 3.22. The van der Waals surface area contributed by atoms with E-state index in [0.29, 0.717) is 91.6 Å². The van der Waals surface area contributed by atoms with Gasteiger partial charge in [-0.2, -0.15) is 10.5 Å². The zero-order chi connectivity index (χ0) is 51.7. The molecular weight excluding hydrogens is 965 g/mol. The quantitative estimate of drug-likeness (QED) is 0.0814. The topological polar surface area (TPSA) is 266 Å². The summed E-state index contributed by atoms with van der Waals surface area (Å²) in [7, 11) is -1.34. The molecule has 0 saturated heterocycles. The zero-order valence-corrected chi connectivity index (χ0v) is 42.2. The average molecular weight is 1020 g/mol. The number of nitrogens with zero attached hydrogens (tertiary/aromatic N) is 10. The van der Waals surface area contributed by atoms with Crippen LogP contribution in [0.15, 0.2) is 106 Å². The molecule has 0 saturated carbocycles. The maximum absolute atomic E-state index is 13.4. The molecule has 6 heterocycles. The number of hydrogen-bond donors (Lipinski definition) is 0. The third-order valence-corrected chi connectivity index (χ3v) is 15.5. The van der Waals surface area contributed by atoms with Gasteiger partial charge in [0.05, 0.1) is 50.1 Å². The van der Waals surface area contributed by atoms with Gasteiger partial charge in [0.1, 0.15) is 69.5 Å². The van der Waals surface area contributed by atoms with E-state index in [9.17, 15) is 16.8 Å². The molecular formula is C50H50N10O10S2. The molecule has 20 nitrogen and oxygen atoms in total. The molecule has 0 bridgehead atoms. The van der Waals surface area contributed by atoms with E-state index in [1.54, 1.807) is 122 Å². The highest BCUT2D eigenvalue weighted by Gasteiger charge is 2.32. The molecule has 8 aromatic rings. The van der Waals surface area contributed by atoms with Crippen molar-refractivity contribution >= 4 is 19.7 Å². The summed E-state index contributed by atoms with van der Waals surface area (Å²) in [5, 5.41) is 33.4.